The second-order valence-electron chi connectivity index (χ2n) is 11.2. The Labute approximate surface area is 230 Å². The number of hydrogen-bond acceptors (Lipinski definition) is 7. The molecule has 7 nitrogen and oxygen atoms in total. The highest BCUT2D eigenvalue weighted by atomic mass is 35.5. The Morgan fingerprint density at radius 3 is 2.41 bits per heavy atom. The number of hydroxylamine groups is 1. The first-order chi connectivity index (χ1) is 17.2. The normalized spacial score (nSPS) is 18.8. The number of hydrazine groups is 1. The Morgan fingerprint density at radius 2 is 1.86 bits per heavy atom. The highest BCUT2D eigenvalue weighted by molar-refractivity contribution is 6.33. The molecule has 2 aromatic carbocycles. The van der Waals surface area contributed by atoms with Crippen LogP contribution in [-0.4, -0.2) is 41.0 Å². The molecule has 37 heavy (non-hydrogen) atoms. The maximum absolute atomic E-state index is 12.1. The van der Waals surface area contributed by atoms with Gasteiger partial charge in [-0.15, -0.1) is 5.59 Å². The van der Waals surface area contributed by atoms with E-state index < -0.39 is 11.7 Å². The summed E-state index contributed by atoms with van der Waals surface area (Å²) in [5, 5.41) is 26.4. The quantitative estimate of drug-likeness (QED) is 0.209. The summed E-state index contributed by atoms with van der Waals surface area (Å²) in [4.78, 5) is 5.44. The fourth-order valence-corrected chi connectivity index (χ4v) is 4.85. The molecule has 0 aromatic heterocycles. The van der Waals surface area contributed by atoms with E-state index in [1.54, 1.807) is 31.0 Å². The fourth-order valence-electron chi connectivity index (χ4n) is 4.39. The predicted molar refractivity (Wildman–Crippen MR) is 149 cm³/mol. The van der Waals surface area contributed by atoms with E-state index in [9.17, 15) is 14.6 Å². The zero-order valence-electron chi connectivity index (χ0n) is 22.3. The van der Waals surface area contributed by atoms with Crippen LogP contribution in [0.4, 0.5) is 10.1 Å². The largest absolute Gasteiger partial charge is 0.390 e. The van der Waals surface area contributed by atoms with Crippen LogP contribution < -0.4 is 21.8 Å². The zero-order valence-corrected chi connectivity index (χ0v) is 23.8. The summed E-state index contributed by atoms with van der Waals surface area (Å²) in [6, 6.07) is 12.1. The minimum atomic E-state index is -1.21. The van der Waals surface area contributed by atoms with Crippen molar-refractivity contribution >= 4 is 28.9 Å². The van der Waals surface area contributed by atoms with Gasteiger partial charge in [-0.2, -0.15) is 4.94 Å². The minimum Gasteiger partial charge on any atom is -0.390 e. The van der Waals surface area contributed by atoms with Crippen LogP contribution in [0.5, 0.6) is 0 Å². The number of rotatable bonds is 9. The van der Waals surface area contributed by atoms with Crippen LogP contribution in [0.3, 0.4) is 0 Å². The van der Waals surface area contributed by atoms with E-state index >= 15 is 0 Å². The van der Waals surface area contributed by atoms with Crippen molar-refractivity contribution in [2.24, 2.45) is 11.3 Å². The molecule has 0 bridgehead atoms. The van der Waals surface area contributed by atoms with Gasteiger partial charge in [-0.05, 0) is 68.4 Å². The molecule has 2 aromatic rings. The number of nitrogens with two attached hydrogens (primary N) is 1. The Morgan fingerprint density at radius 1 is 1.19 bits per heavy atom. The molecule has 0 spiro atoms. The van der Waals surface area contributed by atoms with Crippen LogP contribution in [0.25, 0.3) is 0 Å². The molecule has 0 aliphatic carbocycles. The fraction of sp³-hybridized carbons (Fsp3) is 0.556. The Kier molecular flexibility index (Phi) is 12.1. The summed E-state index contributed by atoms with van der Waals surface area (Å²) in [6.45, 7) is 11.1. The number of anilines is 1. The maximum Gasteiger partial charge on any atom is 0.124 e. The van der Waals surface area contributed by atoms with E-state index in [1.165, 1.54) is 12.1 Å². The molecule has 1 aliphatic heterocycles. The molecule has 208 valence electrons. The highest BCUT2D eigenvalue weighted by Gasteiger charge is 2.32. The summed E-state index contributed by atoms with van der Waals surface area (Å²) in [5.74, 6) is 5.42. The summed E-state index contributed by atoms with van der Waals surface area (Å²) in [5.41, 5.74) is 3.09. The molecule has 1 saturated heterocycles. The Bertz CT molecular complexity index is 968. The van der Waals surface area contributed by atoms with E-state index in [0.29, 0.717) is 28.5 Å². The number of para-hydroxylation sites is 1. The molecule has 3 unspecified atom stereocenters. The second-order valence-corrected chi connectivity index (χ2v) is 12.0. The molecule has 10 heteroatoms. The summed E-state index contributed by atoms with van der Waals surface area (Å²) in [6.07, 6.45) is 1.48. The number of nitrogens with zero attached hydrogens (tertiary/aromatic N) is 1. The average Bonchev–Trinajstić information content (AvgIpc) is 3.22. The van der Waals surface area contributed by atoms with Crippen LogP contribution in [0.2, 0.25) is 10.0 Å². The van der Waals surface area contributed by atoms with Crippen molar-refractivity contribution < 1.29 is 19.5 Å². The van der Waals surface area contributed by atoms with Gasteiger partial charge < -0.3 is 15.5 Å². The van der Waals surface area contributed by atoms with Crippen LogP contribution in [-0.2, 0) is 4.94 Å². The lowest BCUT2D eigenvalue weighted by molar-refractivity contribution is -0.0564. The number of aliphatic hydroxyl groups is 2. The lowest BCUT2D eigenvalue weighted by Crippen LogP contribution is -2.42. The van der Waals surface area contributed by atoms with Gasteiger partial charge in [0.1, 0.15) is 5.82 Å². The molecule has 3 rings (SSSR count). The molecule has 1 aliphatic rings. The van der Waals surface area contributed by atoms with Crippen LogP contribution >= 0.6 is 23.2 Å². The van der Waals surface area contributed by atoms with Gasteiger partial charge in [0.05, 0.1) is 29.0 Å². The van der Waals surface area contributed by atoms with Crippen molar-refractivity contribution in [3.05, 3.63) is 63.9 Å². The van der Waals surface area contributed by atoms with Crippen LogP contribution in [0, 0.1) is 11.2 Å². The monoisotopic (exact) mass is 558 g/mol. The molecule has 0 amide bonds. The first-order valence-electron chi connectivity index (χ1n) is 12.4. The molecular formula is C27H41Cl2FN4O3. The van der Waals surface area contributed by atoms with Gasteiger partial charge in [0.25, 0.3) is 0 Å². The standard InChI is InChI=1S/C21H37ClN4O3.C6H4ClF/c1-20(2,3)12-15-11-14(13-24-15)16-7-6-8-17(22)19(16)26(29-25-23)10-9-18(27)21(4,5)28;7-5-2-1-3-6(8)4-5/h6-8,14-15,18,24-25,27-28H,9-13,23H2,1-5H3;1-4H. The number of hydrogen-bond donors (Lipinski definition) is 5. The third kappa shape index (κ3) is 10.7. The van der Waals surface area contributed by atoms with Gasteiger partial charge in [0.15, 0.2) is 0 Å². The van der Waals surface area contributed by atoms with Crippen molar-refractivity contribution in [3.63, 3.8) is 0 Å². The maximum atomic E-state index is 12.1. The molecule has 0 radical (unpaired) electrons. The molecule has 1 fully saturated rings. The molecular weight excluding hydrogens is 518 g/mol. The topological polar surface area (TPSA) is 103 Å². The summed E-state index contributed by atoms with van der Waals surface area (Å²) < 4.78 is 12.1. The first kappa shape index (κ1) is 31.7. The van der Waals surface area contributed by atoms with E-state index in [2.05, 4.69) is 37.7 Å². The van der Waals surface area contributed by atoms with Gasteiger partial charge in [-0.1, -0.05) is 62.2 Å². The van der Waals surface area contributed by atoms with Gasteiger partial charge in [0, 0.05) is 23.5 Å². The predicted octanol–water partition coefficient (Wildman–Crippen LogP) is 5.34. The van der Waals surface area contributed by atoms with Crippen molar-refractivity contribution in [1.29, 1.82) is 0 Å². The van der Waals surface area contributed by atoms with E-state index in [0.717, 1.165) is 30.6 Å². The number of nitrogens with one attached hydrogen (secondary N) is 2. The third-order valence-corrected chi connectivity index (χ3v) is 6.70. The van der Waals surface area contributed by atoms with E-state index in [1.807, 2.05) is 12.1 Å². The van der Waals surface area contributed by atoms with Gasteiger partial charge in [-0.3, -0.25) is 0 Å². The van der Waals surface area contributed by atoms with Crippen molar-refractivity contribution in [1.82, 2.24) is 10.9 Å². The number of aliphatic hydroxyl groups excluding tert-OH is 1. The molecule has 6 N–H and O–H groups in total. The van der Waals surface area contributed by atoms with Crippen molar-refractivity contribution in [2.45, 2.75) is 77.5 Å². The molecule has 3 atom stereocenters. The van der Waals surface area contributed by atoms with Gasteiger partial charge in [-0.25, -0.2) is 15.3 Å². The van der Waals surface area contributed by atoms with Crippen molar-refractivity contribution in [3.8, 4) is 0 Å². The minimum absolute atomic E-state index is 0.259. The van der Waals surface area contributed by atoms with Crippen LogP contribution in [0.15, 0.2) is 42.5 Å². The highest BCUT2D eigenvalue weighted by Crippen LogP contribution is 2.40. The van der Waals surface area contributed by atoms with Crippen LogP contribution in [0.1, 0.15) is 65.4 Å². The summed E-state index contributed by atoms with van der Waals surface area (Å²) >= 11 is 12.0. The van der Waals surface area contributed by atoms with E-state index in [-0.39, 0.29) is 17.7 Å². The smallest absolute Gasteiger partial charge is 0.124 e. The van der Waals surface area contributed by atoms with Crippen molar-refractivity contribution in [2.75, 3.05) is 18.2 Å². The molecule has 1 heterocycles. The molecule has 0 saturated carbocycles. The van der Waals surface area contributed by atoms with Gasteiger partial charge >= 0.3 is 0 Å². The zero-order chi connectivity index (χ0) is 27.8. The lowest BCUT2D eigenvalue weighted by Gasteiger charge is -2.30. The van der Waals surface area contributed by atoms with Gasteiger partial charge in [0.2, 0.25) is 0 Å². The SMILES string of the molecule is CC(C)(C)CC1CC(c2cccc(Cl)c2N(CCC(O)C(C)(C)O)ONN)CN1.Fc1cccc(Cl)c1. The average molecular weight is 560 g/mol. The number of halogens is 3. The van der Waals surface area contributed by atoms with E-state index in [4.69, 9.17) is 34.0 Å². The second kappa shape index (κ2) is 14.1. The third-order valence-electron chi connectivity index (χ3n) is 6.16. The Balaban J connectivity index is 0.000000510. The Hall–Kier alpha value is -1.49. The lowest BCUT2D eigenvalue weighted by atomic mass is 9.85. The number of benzene rings is 2. The summed E-state index contributed by atoms with van der Waals surface area (Å²) in [7, 11) is 0. The first-order valence-corrected chi connectivity index (χ1v) is 13.2.